The number of halogens is 1. The van der Waals surface area contributed by atoms with E-state index in [0.717, 1.165) is 12.5 Å². The van der Waals surface area contributed by atoms with Crippen LogP contribution in [0.2, 0.25) is 0 Å². The van der Waals surface area contributed by atoms with E-state index in [1.54, 1.807) is 7.05 Å². The molecule has 1 unspecified atom stereocenters. The lowest BCUT2D eigenvalue weighted by molar-refractivity contribution is 0.298. The molecule has 0 aromatic heterocycles. The quantitative estimate of drug-likeness (QED) is 0.480. The molecule has 0 saturated carbocycles. The number of likely N-dealkylation sites (N-methyl/N-ethyl adjacent to an activating group) is 1. The van der Waals surface area contributed by atoms with Crippen molar-refractivity contribution in [3.63, 3.8) is 0 Å². The zero-order chi connectivity index (χ0) is 13.5. The number of benzene rings is 1. The van der Waals surface area contributed by atoms with Crippen LogP contribution in [0.1, 0.15) is 17.2 Å². The highest BCUT2D eigenvalue weighted by molar-refractivity contribution is 14.0. The molecule has 1 aromatic carbocycles. The fraction of sp³-hybridized carbons (Fsp3) is 0.500. The molecule has 2 N–H and O–H groups in total. The first kappa shape index (κ1) is 18.2. The van der Waals surface area contributed by atoms with Crippen molar-refractivity contribution in [1.29, 1.82) is 0 Å². The molecule has 1 aromatic rings. The Kier molecular flexibility index (Phi) is 8.75. The number of aryl methyl sites for hydroxylation is 1. The normalized spacial score (nSPS) is 12.8. The van der Waals surface area contributed by atoms with Crippen molar-refractivity contribution in [3.8, 4) is 0 Å². The number of nitrogens with zero attached hydrogens (tertiary/aromatic N) is 2. The van der Waals surface area contributed by atoms with Gasteiger partial charge in [-0.3, -0.25) is 4.99 Å². The van der Waals surface area contributed by atoms with E-state index in [4.69, 9.17) is 0 Å². The van der Waals surface area contributed by atoms with Crippen LogP contribution in [-0.4, -0.2) is 45.6 Å². The first-order chi connectivity index (χ1) is 8.58. The highest BCUT2D eigenvalue weighted by atomic mass is 127. The van der Waals surface area contributed by atoms with Crippen molar-refractivity contribution < 1.29 is 0 Å². The predicted octanol–water partition coefficient (Wildman–Crippen LogP) is 2.01. The molecule has 0 spiro atoms. The lowest BCUT2D eigenvalue weighted by Gasteiger charge is -2.26. The number of hydrogen-bond donors (Lipinski definition) is 2. The fourth-order valence-corrected chi connectivity index (χ4v) is 1.86. The van der Waals surface area contributed by atoms with Gasteiger partial charge in [-0.2, -0.15) is 0 Å². The second-order valence-electron chi connectivity index (χ2n) is 4.59. The molecule has 1 rings (SSSR count). The van der Waals surface area contributed by atoms with Crippen LogP contribution in [0.15, 0.2) is 29.3 Å². The van der Waals surface area contributed by atoms with E-state index < -0.39 is 0 Å². The Hall–Kier alpha value is -0.820. The van der Waals surface area contributed by atoms with Gasteiger partial charge in [0.25, 0.3) is 0 Å². The molecule has 4 nitrogen and oxygen atoms in total. The van der Waals surface area contributed by atoms with Crippen molar-refractivity contribution in [1.82, 2.24) is 15.5 Å². The molecule has 5 heteroatoms. The maximum absolute atomic E-state index is 4.12. The highest BCUT2D eigenvalue weighted by Gasteiger charge is 2.13. The van der Waals surface area contributed by atoms with Gasteiger partial charge in [0.15, 0.2) is 5.96 Å². The summed E-state index contributed by atoms with van der Waals surface area (Å²) >= 11 is 0. The Morgan fingerprint density at radius 1 is 1.26 bits per heavy atom. The third-order valence-corrected chi connectivity index (χ3v) is 3.01. The van der Waals surface area contributed by atoms with Crippen LogP contribution in [0.3, 0.4) is 0 Å². The minimum Gasteiger partial charge on any atom is -0.359 e. The summed E-state index contributed by atoms with van der Waals surface area (Å²) in [5.41, 5.74) is 2.60. The van der Waals surface area contributed by atoms with E-state index >= 15 is 0 Å². The summed E-state index contributed by atoms with van der Waals surface area (Å²) in [6.07, 6.45) is 0. The Morgan fingerprint density at radius 3 is 2.26 bits per heavy atom. The topological polar surface area (TPSA) is 39.7 Å². The summed E-state index contributed by atoms with van der Waals surface area (Å²) < 4.78 is 0. The Balaban J connectivity index is 0.00000324. The van der Waals surface area contributed by atoms with Gasteiger partial charge in [0.1, 0.15) is 0 Å². The fourth-order valence-electron chi connectivity index (χ4n) is 1.86. The molecule has 0 aliphatic heterocycles. The van der Waals surface area contributed by atoms with Crippen LogP contribution in [-0.2, 0) is 0 Å². The summed E-state index contributed by atoms with van der Waals surface area (Å²) in [7, 11) is 7.82. The average molecular weight is 376 g/mol. The zero-order valence-corrected chi connectivity index (χ0v) is 14.7. The number of aliphatic imine (C=N–C) groups is 1. The summed E-state index contributed by atoms with van der Waals surface area (Å²) in [5.74, 6) is 0.814. The summed E-state index contributed by atoms with van der Waals surface area (Å²) in [5, 5.41) is 6.34. The van der Waals surface area contributed by atoms with Crippen molar-refractivity contribution in [3.05, 3.63) is 35.4 Å². The number of guanidine groups is 1. The van der Waals surface area contributed by atoms with Crippen molar-refractivity contribution in [2.75, 3.05) is 34.7 Å². The molecule has 108 valence electrons. The molecule has 0 amide bonds. The predicted molar refractivity (Wildman–Crippen MR) is 93.4 cm³/mol. The second-order valence-corrected chi connectivity index (χ2v) is 4.59. The van der Waals surface area contributed by atoms with E-state index in [0.29, 0.717) is 6.04 Å². The second kappa shape index (κ2) is 9.14. The van der Waals surface area contributed by atoms with Gasteiger partial charge in [-0.15, -0.1) is 24.0 Å². The first-order valence-corrected chi connectivity index (χ1v) is 6.20. The van der Waals surface area contributed by atoms with Gasteiger partial charge in [-0.05, 0) is 26.6 Å². The standard InChI is InChI=1S/C14H24N4.HI/c1-11-6-8-12(9-7-11)13(18(4)5)10-17-14(15-2)16-3;/h6-9,13H,10H2,1-5H3,(H2,15,16,17);1H. The van der Waals surface area contributed by atoms with Gasteiger partial charge in [0, 0.05) is 20.6 Å². The minimum atomic E-state index is 0. The van der Waals surface area contributed by atoms with Crippen molar-refractivity contribution >= 4 is 29.9 Å². The van der Waals surface area contributed by atoms with E-state index in [2.05, 4.69) is 65.8 Å². The van der Waals surface area contributed by atoms with Crippen LogP contribution < -0.4 is 10.6 Å². The Bertz CT molecular complexity index is 387. The van der Waals surface area contributed by atoms with E-state index in [1.165, 1.54) is 11.1 Å². The highest BCUT2D eigenvalue weighted by Crippen LogP contribution is 2.17. The third kappa shape index (κ3) is 5.78. The van der Waals surface area contributed by atoms with Gasteiger partial charge in [0.2, 0.25) is 0 Å². The van der Waals surface area contributed by atoms with Gasteiger partial charge < -0.3 is 15.5 Å². The first-order valence-electron chi connectivity index (χ1n) is 6.20. The Morgan fingerprint density at radius 2 is 1.84 bits per heavy atom. The maximum atomic E-state index is 4.12. The summed E-state index contributed by atoms with van der Waals surface area (Å²) in [6, 6.07) is 9.00. The SMILES string of the molecule is CN=C(NC)NCC(c1ccc(C)cc1)N(C)C.I. The molecule has 1 atom stereocenters. The Labute approximate surface area is 133 Å². The maximum Gasteiger partial charge on any atom is 0.190 e. The molecule has 0 fully saturated rings. The number of nitrogens with one attached hydrogen (secondary N) is 2. The smallest absolute Gasteiger partial charge is 0.190 e. The minimum absolute atomic E-state index is 0. The van der Waals surface area contributed by atoms with Crippen molar-refractivity contribution in [2.24, 2.45) is 4.99 Å². The van der Waals surface area contributed by atoms with Crippen LogP contribution in [0.4, 0.5) is 0 Å². The molecule has 0 radical (unpaired) electrons. The van der Waals surface area contributed by atoms with Crippen molar-refractivity contribution in [2.45, 2.75) is 13.0 Å². The van der Waals surface area contributed by atoms with Crippen LogP contribution >= 0.6 is 24.0 Å². The number of rotatable bonds is 4. The van der Waals surface area contributed by atoms with Crippen LogP contribution in [0.25, 0.3) is 0 Å². The summed E-state index contributed by atoms with van der Waals surface area (Å²) in [6.45, 7) is 2.93. The zero-order valence-electron chi connectivity index (χ0n) is 12.4. The van der Waals surface area contributed by atoms with Crippen LogP contribution in [0, 0.1) is 6.92 Å². The molecule has 0 heterocycles. The number of hydrogen-bond acceptors (Lipinski definition) is 2. The third-order valence-electron chi connectivity index (χ3n) is 3.01. The largest absolute Gasteiger partial charge is 0.359 e. The van der Waals surface area contributed by atoms with E-state index in [-0.39, 0.29) is 24.0 Å². The molecular formula is C14H25IN4. The lowest BCUT2D eigenvalue weighted by Crippen LogP contribution is -2.40. The molecule has 0 bridgehead atoms. The van der Waals surface area contributed by atoms with Gasteiger partial charge in [0.05, 0.1) is 6.04 Å². The average Bonchev–Trinajstić information content (AvgIpc) is 2.36. The molecule has 0 aliphatic carbocycles. The molecule has 19 heavy (non-hydrogen) atoms. The van der Waals surface area contributed by atoms with E-state index in [9.17, 15) is 0 Å². The summed E-state index contributed by atoms with van der Waals surface area (Å²) in [4.78, 5) is 6.33. The van der Waals surface area contributed by atoms with Crippen LogP contribution in [0.5, 0.6) is 0 Å². The van der Waals surface area contributed by atoms with Gasteiger partial charge >= 0.3 is 0 Å². The van der Waals surface area contributed by atoms with Gasteiger partial charge in [-0.1, -0.05) is 29.8 Å². The van der Waals surface area contributed by atoms with E-state index in [1.807, 2.05) is 7.05 Å². The molecular weight excluding hydrogens is 351 g/mol. The monoisotopic (exact) mass is 376 g/mol. The van der Waals surface area contributed by atoms with Gasteiger partial charge in [-0.25, -0.2) is 0 Å². The molecule has 0 saturated heterocycles. The molecule has 0 aliphatic rings. The lowest BCUT2D eigenvalue weighted by atomic mass is 10.0.